The molecule has 2 N–H and O–H groups in total. The van der Waals surface area contributed by atoms with Crippen LogP contribution in [0.4, 0.5) is 8.78 Å². The van der Waals surface area contributed by atoms with Crippen molar-refractivity contribution in [3.8, 4) is 0 Å². The van der Waals surface area contributed by atoms with E-state index >= 15 is 0 Å². The van der Waals surface area contributed by atoms with Crippen LogP contribution >= 0.6 is 0 Å². The van der Waals surface area contributed by atoms with Gasteiger partial charge >= 0.3 is 0 Å². The number of hydrogen-bond acceptors (Lipinski definition) is 3. The van der Waals surface area contributed by atoms with Crippen molar-refractivity contribution in [2.45, 2.75) is 31.0 Å². The van der Waals surface area contributed by atoms with Crippen molar-refractivity contribution in [1.29, 1.82) is 0 Å². The van der Waals surface area contributed by atoms with E-state index in [1.807, 2.05) is 0 Å². The average molecular weight is 347 g/mol. The van der Waals surface area contributed by atoms with Gasteiger partial charge < -0.3 is 15.1 Å². The summed E-state index contributed by atoms with van der Waals surface area (Å²) in [6.45, 7) is 1.83. The average Bonchev–Trinajstić information content (AvgIpc) is 2.79. The second kappa shape index (κ2) is 7.60. The van der Waals surface area contributed by atoms with Crippen LogP contribution in [0.1, 0.15) is 36.5 Å². The normalized spacial score (nSPS) is 23.2. The van der Waals surface area contributed by atoms with Gasteiger partial charge in [-0.3, -0.25) is 0 Å². The Morgan fingerprint density at radius 3 is 2.16 bits per heavy atom. The highest BCUT2D eigenvalue weighted by Gasteiger charge is 2.32. The summed E-state index contributed by atoms with van der Waals surface area (Å²) < 4.78 is 26.1. The monoisotopic (exact) mass is 347 g/mol. The molecule has 0 amide bonds. The van der Waals surface area contributed by atoms with Crippen molar-refractivity contribution in [1.82, 2.24) is 4.90 Å². The van der Waals surface area contributed by atoms with Crippen LogP contribution in [-0.4, -0.2) is 34.7 Å². The summed E-state index contributed by atoms with van der Waals surface area (Å²) in [6, 6.07) is 11.9. The van der Waals surface area contributed by atoms with Crippen LogP contribution in [0.2, 0.25) is 0 Å². The molecule has 1 fully saturated rings. The molecular weight excluding hydrogens is 324 g/mol. The SMILES string of the molecule is O[C@@H](CN1CCC[C@](O)(c2ccc(F)cc2)CC1)c1ccc(F)cc1. The van der Waals surface area contributed by atoms with Crippen molar-refractivity contribution in [2.75, 3.05) is 19.6 Å². The molecule has 0 unspecified atom stereocenters. The Morgan fingerprint density at radius 2 is 1.52 bits per heavy atom. The standard InChI is InChI=1S/C20H23F2NO2/c21-17-6-2-15(3-7-17)19(24)14-23-12-1-10-20(25,11-13-23)16-4-8-18(22)9-5-16/h2-9,19,24-25H,1,10-14H2/t19-,20+/m0/s1. The molecule has 5 heteroatoms. The third-order valence-electron chi connectivity index (χ3n) is 4.97. The predicted octanol–water partition coefficient (Wildman–Crippen LogP) is 3.37. The summed E-state index contributed by atoms with van der Waals surface area (Å²) >= 11 is 0. The van der Waals surface area contributed by atoms with Crippen molar-refractivity contribution in [3.05, 3.63) is 71.3 Å². The van der Waals surface area contributed by atoms with E-state index in [2.05, 4.69) is 4.90 Å². The quantitative estimate of drug-likeness (QED) is 0.891. The molecule has 1 aliphatic heterocycles. The van der Waals surface area contributed by atoms with E-state index < -0.39 is 11.7 Å². The van der Waals surface area contributed by atoms with Crippen LogP contribution in [0.3, 0.4) is 0 Å². The summed E-state index contributed by atoms with van der Waals surface area (Å²) in [5.74, 6) is -0.639. The number of β-amino-alcohol motifs (C(OH)–C–C–N with tert-alkyl or cyclic N) is 1. The highest BCUT2D eigenvalue weighted by atomic mass is 19.1. The molecule has 0 radical (unpaired) electrons. The molecule has 0 spiro atoms. The highest BCUT2D eigenvalue weighted by molar-refractivity contribution is 5.23. The number of benzene rings is 2. The fourth-order valence-corrected chi connectivity index (χ4v) is 3.44. The summed E-state index contributed by atoms with van der Waals surface area (Å²) in [5, 5.41) is 21.3. The Kier molecular flexibility index (Phi) is 5.47. The van der Waals surface area contributed by atoms with E-state index in [0.29, 0.717) is 31.5 Å². The minimum atomic E-state index is -0.969. The van der Waals surface area contributed by atoms with E-state index in [4.69, 9.17) is 0 Å². The molecule has 0 saturated carbocycles. The van der Waals surface area contributed by atoms with Gasteiger partial charge in [-0.2, -0.15) is 0 Å². The molecule has 2 aromatic rings. The van der Waals surface area contributed by atoms with Crippen molar-refractivity contribution >= 4 is 0 Å². The first-order valence-electron chi connectivity index (χ1n) is 8.61. The van der Waals surface area contributed by atoms with E-state index in [1.165, 1.54) is 24.3 Å². The molecule has 1 saturated heterocycles. The van der Waals surface area contributed by atoms with Gasteiger partial charge in [-0.1, -0.05) is 24.3 Å². The van der Waals surface area contributed by atoms with Gasteiger partial charge in [0, 0.05) is 13.1 Å². The first-order chi connectivity index (χ1) is 12.0. The lowest BCUT2D eigenvalue weighted by Gasteiger charge is -2.28. The van der Waals surface area contributed by atoms with E-state index in [-0.39, 0.29) is 11.6 Å². The van der Waals surface area contributed by atoms with Crippen LogP contribution in [0.5, 0.6) is 0 Å². The number of nitrogens with zero attached hydrogens (tertiary/aromatic N) is 1. The van der Waals surface area contributed by atoms with Crippen LogP contribution in [0.25, 0.3) is 0 Å². The lowest BCUT2D eigenvalue weighted by Crippen LogP contribution is -2.32. The fraction of sp³-hybridized carbons (Fsp3) is 0.400. The molecule has 3 rings (SSSR count). The lowest BCUT2D eigenvalue weighted by atomic mass is 9.87. The minimum Gasteiger partial charge on any atom is -0.387 e. The molecule has 0 aromatic heterocycles. The first kappa shape index (κ1) is 18.0. The van der Waals surface area contributed by atoms with Gasteiger partial charge in [0.1, 0.15) is 11.6 Å². The third kappa shape index (κ3) is 4.42. The molecule has 134 valence electrons. The Bertz CT molecular complexity index is 690. The molecule has 1 aliphatic rings. The molecule has 2 atom stereocenters. The number of aliphatic hydroxyl groups excluding tert-OH is 1. The molecule has 2 aromatic carbocycles. The topological polar surface area (TPSA) is 43.7 Å². The molecular formula is C20H23F2NO2. The van der Waals surface area contributed by atoms with Gasteiger partial charge in [-0.25, -0.2) is 8.78 Å². The Hall–Kier alpha value is -1.82. The van der Waals surface area contributed by atoms with Crippen LogP contribution in [0.15, 0.2) is 48.5 Å². The smallest absolute Gasteiger partial charge is 0.123 e. The zero-order valence-electron chi connectivity index (χ0n) is 14.0. The fourth-order valence-electron chi connectivity index (χ4n) is 3.44. The minimum absolute atomic E-state index is 0.315. The predicted molar refractivity (Wildman–Crippen MR) is 91.9 cm³/mol. The van der Waals surface area contributed by atoms with E-state index in [9.17, 15) is 19.0 Å². The maximum absolute atomic E-state index is 13.1. The molecule has 0 bridgehead atoms. The van der Waals surface area contributed by atoms with Gasteiger partial charge in [0.15, 0.2) is 0 Å². The van der Waals surface area contributed by atoms with Gasteiger partial charge in [0.25, 0.3) is 0 Å². The number of hydrogen-bond donors (Lipinski definition) is 2. The van der Waals surface area contributed by atoms with Gasteiger partial charge in [-0.05, 0) is 61.2 Å². The zero-order chi connectivity index (χ0) is 17.9. The number of aliphatic hydroxyl groups is 2. The van der Waals surface area contributed by atoms with E-state index in [1.54, 1.807) is 24.3 Å². The van der Waals surface area contributed by atoms with Crippen LogP contribution < -0.4 is 0 Å². The number of likely N-dealkylation sites (tertiary alicyclic amines) is 1. The Morgan fingerprint density at radius 1 is 0.920 bits per heavy atom. The second-order valence-electron chi connectivity index (χ2n) is 6.76. The maximum atomic E-state index is 13.1. The van der Waals surface area contributed by atoms with Crippen LogP contribution in [-0.2, 0) is 5.60 Å². The number of halogens is 2. The Labute approximate surface area is 146 Å². The van der Waals surface area contributed by atoms with Crippen molar-refractivity contribution in [3.63, 3.8) is 0 Å². The lowest BCUT2D eigenvalue weighted by molar-refractivity contribution is 0.0194. The zero-order valence-corrected chi connectivity index (χ0v) is 14.0. The summed E-state index contributed by atoms with van der Waals surface area (Å²) in [7, 11) is 0. The molecule has 1 heterocycles. The van der Waals surface area contributed by atoms with Gasteiger partial charge in [0.05, 0.1) is 11.7 Å². The van der Waals surface area contributed by atoms with Gasteiger partial charge in [0.2, 0.25) is 0 Å². The van der Waals surface area contributed by atoms with Crippen LogP contribution in [0, 0.1) is 11.6 Å². The largest absolute Gasteiger partial charge is 0.387 e. The van der Waals surface area contributed by atoms with Gasteiger partial charge in [-0.15, -0.1) is 0 Å². The molecule has 25 heavy (non-hydrogen) atoms. The number of rotatable bonds is 4. The Balaban J connectivity index is 1.63. The van der Waals surface area contributed by atoms with Crippen molar-refractivity contribution < 1.29 is 19.0 Å². The second-order valence-corrected chi connectivity index (χ2v) is 6.76. The first-order valence-corrected chi connectivity index (χ1v) is 8.61. The summed E-state index contributed by atoms with van der Waals surface area (Å²) in [4.78, 5) is 2.11. The molecule has 3 nitrogen and oxygen atoms in total. The molecule has 0 aliphatic carbocycles. The highest BCUT2D eigenvalue weighted by Crippen LogP contribution is 2.33. The summed E-state index contributed by atoms with van der Waals surface area (Å²) in [6.07, 6.45) is 1.21. The summed E-state index contributed by atoms with van der Waals surface area (Å²) in [5.41, 5.74) is 0.442. The third-order valence-corrected chi connectivity index (χ3v) is 4.97. The van der Waals surface area contributed by atoms with E-state index in [0.717, 1.165) is 18.5 Å². The maximum Gasteiger partial charge on any atom is 0.123 e. The van der Waals surface area contributed by atoms with Crippen molar-refractivity contribution in [2.24, 2.45) is 0 Å².